The molecule has 0 spiro atoms. The highest BCUT2D eigenvalue weighted by Gasteiger charge is 2.14. The van der Waals surface area contributed by atoms with E-state index in [0.717, 1.165) is 18.4 Å². The van der Waals surface area contributed by atoms with Crippen molar-refractivity contribution in [2.45, 2.75) is 13.8 Å². The average molecular weight is 231 g/mol. The number of hydrogen-bond acceptors (Lipinski definition) is 5. The third kappa shape index (κ3) is 4.46. The summed E-state index contributed by atoms with van der Waals surface area (Å²) in [7, 11) is 1.12. The fourth-order valence-corrected chi connectivity index (χ4v) is 1.29. The molecule has 84 valence electrons. The Morgan fingerprint density at radius 2 is 2.00 bits per heavy atom. The Labute approximate surface area is 91.7 Å². The minimum absolute atomic E-state index is 0.0696. The van der Waals surface area contributed by atoms with Gasteiger partial charge in [0.25, 0.3) is 0 Å². The predicted octanol–water partition coefficient (Wildman–Crippen LogP) is 1.59. The molecule has 0 aliphatic carbocycles. The van der Waals surface area contributed by atoms with E-state index in [1.54, 1.807) is 0 Å². The summed E-state index contributed by atoms with van der Waals surface area (Å²) in [6.45, 7) is 4.00. The Morgan fingerprint density at radius 3 is 2.40 bits per heavy atom. The second-order valence-electron chi connectivity index (χ2n) is 2.08. The van der Waals surface area contributed by atoms with E-state index in [0.29, 0.717) is 5.00 Å². The van der Waals surface area contributed by atoms with Crippen LogP contribution in [0.15, 0.2) is 12.1 Å². The van der Waals surface area contributed by atoms with Crippen molar-refractivity contribution in [1.29, 1.82) is 0 Å². The van der Waals surface area contributed by atoms with Crippen molar-refractivity contribution in [2.75, 3.05) is 12.4 Å². The van der Waals surface area contributed by atoms with E-state index in [-0.39, 0.29) is 5.06 Å². The van der Waals surface area contributed by atoms with Gasteiger partial charge in [-0.05, 0) is 12.1 Å². The Morgan fingerprint density at radius 1 is 1.40 bits per heavy atom. The number of hydrogen-bond donors (Lipinski definition) is 2. The first-order valence-electron chi connectivity index (χ1n) is 4.31. The highest BCUT2D eigenvalue weighted by Crippen LogP contribution is 2.26. The Balaban J connectivity index is 0.000000921. The van der Waals surface area contributed by atoms with Crippen LogP contribution in [0.1, 0.15) is 13.8 Å². The number of methoxy groups -OCH3 is 1. The lowest BCUT2D eigenvalue weighted by Crippen LogP contribution is -2.23. The van der Waals surface area contributed by atoms with Crippen LogP contribution in [-0.4, -0.2) is 24.1 Å². The Hall–Kier alpha value is -1.56. The van der Waals surface area contributed by atoms with Gasteiger partial charge < -0.3 is 15.2 Å². The molecule has 0 radical (unpaired) electrons. The number of aromatic hydroxyl groups is 1. The lowest BCUT2D eigenvalue weighted by molar-refractivity contribution is -0.150. The zero-order valence-electron chi connectivity index (χ0n) is 8.73. The molecule has 6 heteroatoms. The summed E-state index contributed by atoms with van der Waals surface area (Å²) < 4.78 is 4.18. The van der Waals surface area contributed by atoms with Crippen LogP contribution < -0.4 is 5.32 Å². The topological polar surface area (TPSA) is 75.6 Å². The van der Waals surface area contributed by atoms with Gasteiger partial charge in [0.05, 0.1) is 12.1 Å². The normalized spacial score (nSPS) is 8.47. The van der Waals surface area contributed by atoms with E-state index in [4.69, 9.17) is 5.11 Å². The van der Waals surface area contributed by atoms with Crippen molar-refractivity contribution < 1.29 is 19.4 Å². The van der Waals surface area contributed by atoms with Gasteiger partial charge in [0.15, 0.2) is 5.06 Å². The van der Waals surface area contributed by atoms with Crippen LogP contribution in [0, 0.1) is 0 Å². The highest BCUT2D eigenvalue weighted by molar-refractivity contribution is 7.17. The third-order valence-electron chi connectivity index (χ3n) is 1.20. The molecule has 0 aliphatic rings. The van der Waals surface area contributed by atoms with Crippen LogP contribution in [0.3, 0.4) is 0 Å². The summed E-state index contributed by atoms with van der Waals surface area (Å²) in [4.78, 5) is 21.5. The number of carbonyl (C=O) groups is 2. The molecule has 0 bridgehead atoms. The van der Waals surface area contributed by atoms with Crippen molar-refractivity contribution in [2.24, 2.45) is 0 Å². The second kappa shape index (κ2) is 6.83. The maximum atomic E-state index is 10.9. The smallest absolute Gasteiger partial charge is 0.396 e. The lowest BCUT2D eigenvalue weighted by atomic mass is 10.5. The molecule has 1 aromatic heterocycles. The third-order valence-corrected chi connectivity index (χ3v) is 2.00. The van der Waals surface area contributed by atoms with E-state index in [1.807, 2.05) is 13.8 Å². The van der Waals surface area contributed by atoms with Gasteiger partial charge >= 0.3 is 11.9 Å². The SMILES string of the molecule is CC.COC(=O)C(=O)Nc1ccc(O)s1. The molecule has 2 N–H and O–H groups in total. The van der Waals surface area contributed by atoms with E-state index in [9.17, 15) is 9.59 Å². The van der Waals surface area contributed by atoms with E-state index < -0.39 is 11.9 Å². The molecule has 0 unspecified atom stereocenters. The Bertz CT molecular complexity index is 335. The molecule has 5 nitrogen and oxygen atoms in total. The molecule has 0 aromatic carbocycles. The Kier molecular flexibility index (Phi) is 6.12. The minimum Gasteiger partial charge on any atom is -0.499 e. The summed E-state index contributed by atoms with van der Waals surface area (Å²) in [6.07, 6.45) is 0. The molecule has 0 saturated carbocycles. The molecule has 1 heterocycles. The monoisotopic (exact) mass is 231 g/mol. The highest BCUT2D eigenvalue weighted by atomic mass is 32.1. The van der Waals surface area contributed by atoms with Crippen LogP contribution in [-0.2, 0) is 14.3 Å². The summed E-state index contributed by atoms with van der Waals surface area (Å²) in [5.74, 6) is -1.82. The number of thiophene rings is 1. The van der Waals surface area contributed by atoms with Gasteiger partial charge in [-0.15, -0.1) is 0 Å². The fraction of sp³-hybridized carbons (Fsp3) is 0.333. The van der Waals surface area contributed by atoms with Crippen molar-refractivity contribution in [3.05, 3.63) is 12.1 Å². The van der Waals surface area contributed by atoms with Gasteiger partial charge in [-0.3, -0.25) is 4.79 Å². The van der Waals surface area contributed by atoms with E-state index >= 15 is 0 Å². The van der Waals surface area contributed by atoms with Gasteiger partial charge in [0.2, 0.25) is 0 Å². The molecular formula is C9H13NO4S. The first-order chi connectivity index (χ1) is 7.13. The zero-order chi connectivity index (χ0) is 11.8. The summed E-state index contributed by atoms with van der Waals surface area (Å²) in [5, 5.41) is 11.6. The number of rotatable bonds is 1. The van der Waals surface area contributed by atoms with Crippen LogP contribution in [0.5, 0.6) is 5.06 Å². The first-order valence-corrected chi connectivity index (χ1v) is 5.13. The summed E-state index contributed by atoms with van der Waals surface area (Å²) in [6, 6.07) is 2.90. The molecule has 0 fully saturated rings. The number of nitrogens with one attached hydrogen (secondary N) is 1. The molecule has 1 amide bonds. The quantitative estimate of drug-likeness (QED) is 0.568. The minimum atomic E-state index is -0.965. The van der Waals surface area contributed by atoms with Crippen LogP contribution in [0.25, 0.3) is 0 Å². The second-order valence-corrected chi connectivity index (χ2v) is 3.15. The number of amides is 1. The van der Waals surface area contributed by atoms with Gasteiger partial charge in [0.1, 0.15) is 0 Å². The van der Waals surface area contributed by atoms with Crippen molar-refractivity contribution in [3.8, 4) is 5.06 Å². The first kappa shape index (κ1) is 13.4. The number of anilines is 1. The van der Waals surface area contributed by atoms with E-state index in [2.05, 4.69) is 10.1 Å². The van der Waals surface area contributed by atoms with Crippen molar-refractivity contribution in [1.82, 2.24) is 0 Å². The van der Waals surface area contributed by atoms with Gasteiger partial charge in [-0.1, -0.05) is 25.2 Å². The number of ether oxygens (including phenoxy) is 1. The van der Waals surface area contributed by atoms with Gasteiger partial charge in [0, 0.05) is 0 Å². The molecule has 1 rings (SSSR count). The van der Waals surface area contributed by atoms with E-state index in [1.165, 1.54) is 12.1 Å². The standard InChI is InChI=1S/C7H7NO4S.C2H6/c1-12-7(11)6(10)8-4-2-3-5(9)13-4;1-2/h2-3,9H,1H3,(H,8,10);1-2H3. The molecule has 1 aromatic rings. The zero-order valence-corrected chi connectivity index (χ0v) is 9.55. The van der Waals surface area contributed by atoms with Crippen molar-refractivity contribution >= 4 is 28.2 Å². The molecule has 0 aliphatic heterocycles. The summed E-state index contributed by atoms with van der Waals surface area (Å²) >= 11 is 0.960. The molecule has 0 atom stereocenters. The summed E-state index contributed by atoms with van der Waals surface area (Å²) in [5.41, 5.74) is 0. The number of carbonyl (C=O) groups excluding carboxylic acids is 2. The molecule has 0 saturated heterocycles. The van der Waals surface area contributed by atoms with Crippen molar-refractivity contribution in [3.63, 3.8) is 0 Å². The fourth-order valence-electron chi connectivity index (χ4n) is 0.650. The van der Waals surface area contributed by atoms with Crippen LogP contribution in [0.2, 0.25) is 0 Å². The largest absolute Gasteiger partial charge is 0.499 e. The average Bonchev–Trinajstić information content (AvgIpc) is 2.65. The number of esters is 1. The van der Waals surface area contributed by atoms with Crippen LogP contribution in [0.4, 0.5) is 5.00 Å². The molecule has 15 heavy (non-hydrogen) atoms. The lowest BCUT2D eigenvalue weighted by Gasteiger charge is -1.98. The van der Waals surface area contributed by atoms with Crippen LogP contribution >= 0.6 is 11.3 Å². The predicted molar refractivity (Wildman–Crippen MR) is 58.0 cm³/mol. The maximum Gasteiger partial charge on any atom is 0.396 e. The molecular weight excluding hydrogens is 218 g/mol. The maximum absolute atomic E-state index is 10.9. The van der Waals surface area contributed by atoms with Gasteiger partial charge in [-0.2, -0.15) is 0 Å². The van der Waals surface area contributed by atoms with Gasteiger partial charge in [-0.25, -0.2) is 4.79 Å².